The molecule has 0 heterocycles. The fourth-order valence-electron chi connectivity index (χ4n) is 1.49. The van der Waals surface area contributed by atoms with E-state index in [1.807, 2.05) is 0 Å². The van der Waals surface area contributed by atoms with Crippen molar-refractivity contribution in [1.82, 2.24) is 5.32 Å². The smallest absolute Gasteiger partial charge is 0.323 e. The lowest BCUT2D eigenvalue weighted by Crippen LogP contribution is -2.47. The molecular weight excluding hydrogens is 250 g/mol. The molecule has 0 spiro atoms. The summed E-state index contributed by atoms with van der Waals surface area (Å²) in [7, 11) is 3.30. The van der Waals surface area contributed by atoms with E-state index in [1.54, 1.807) is 21.1 Å². The summed E-state index contributed by atoms with van der Waals surface area (Å²) in [4.78, 5) is 11.0. The molecule has 0 aliphatic rings. The number of carboxylic acids is 1. The summed E-state index contributed by atoms with van der Waals surface area (Å²) in [5, 5.41) is 11.9. The minimum atomic E-state index is -0.844. The molecule has 6 nitrogen and oxygen atoms in total. The van der Waals surface area contributed by atoms with Crippen LogP contribution in [0.3, 0.4) is 0 Å². The normalized spacial score (nSPS) is 14.3. The summed E-state index contributed by atoms with van der Waals surface area (Å²) >= 11 is 0. The molecule has 0 aliphatic heterocycles. The number of aliphatic carboxylic acids is 1. The Kier molecular flexibility index (Phi) is 10.8. The molecule has 0 saturated carbocycles. The number of carboxylic acid groups (broad SMARTS) is 1. The highest BCUT2D eigenvalue weighted by Gasteiger charge is 2.29. The fourth-order valence-corrected chi connectivity index (χ4v) is 1.49. The predicted octanol–water partition coefficient (Wildman–Crippen LogP) is 0.899. The van der Waals surface area contributed by atoms with E-state index in [2.05, 4.69) is 5.32 Å². The van der Waals surface area contributed by atoms with Crippen LogP contribution in [0.4, 0.5) is 0 Å². The minimum absolute atomic E-state index is 0.561. The molecule has 0 aliphatic carbocycles. The standard InChI is InChI=1S/C13H27NO5/c1-13(14-2,12(15)16)6-4-5-7-18-10-11-19-9-8-17-3/h14H,4-11H2,1-3H3,(H,15,16). The summed E-state index contributed by atoms with van der Waals surface area (Å²) in [5.74, 6) is -0.817. The van der Waals surface area contributed by atoms with Crippen molar-refractivity contribution in [3.05, 3.63) is 0 Å². The molecule has 6 heteroatoms. The van der Waals surface area contributed by atoms with Crippen LogP contribution in [0.15, 0.2) is 0 Å². The number of unbranched alkanes of at least 4 members (excludes halogenated alkanes) is 1. The molecule has 1 atom stereocenters. The molecule has 0 aromatic carbocycles. The van der Waals surface area contributed by atoms with E-state index in [-0.39, 0.29) is 0 Å². The lowest BCUT2D eigenvalue weighted by molar-refractivity contribution is -0.144. The number of hydrogen-bond acceptors (Lipinski definition) is 5. The van der Waals surface area contributed by atoms with E-state index >= 15 is 0 Å². The molecule has 0 bridgehead atoms. The van der Waals surface area contributed by atoms with E-state index in [0.717, 1.165) is 12.8 Å². The summed E-state index contributed by atoms with van der Waals surface area (Å²) in [6.45, 7) is 4.63. The number of carbonyl (C=O) groups is 1. The molecule has 0 saturated heterocycles. The SMILES string of the molecule is CNC(C)(CCCCOCCOCCOC)C(=O)O. The Labute approximate surface area is 115 Å². The first kappa shape index (κ1) is 18.3. The van der Waals surface area contributed by atoms with Gasteiger partial charge in [-0.05, 0) is 33.2 Å². The van der Waals surface area contributed by atoms with Gasteiger partial charge in [-0.25, -0.2) is 0 Å². The van der Waals surface area contributed by atoms with E-state index in [1.165, 1.54) is 0 Å². The van der Waals surface area contributed by atoms with Gasteiger partial charge in [0.1, 0.15) is 5.54 Å². The van der Waals surface area contributed by atoms with Gasteiger partial charge in [0.25, 0.3) is 0 Å². The maximum atomic E-state index is 11.0. The highest BCUT2D eigenvalue weighted by atomic mass is 16.5. The van der Waals surface area contributed by atoms with E-state index in [4.69, 9.17) is 19.3 Å². The number of hydrogen-bond donors (Lipinski definition) is 2. The average Bonchev–Trinajstić information content (AvgIpc) is 2.40. The third-order valence-electron chi connectivity index (χ3n) is 3.04. The van der Waals surface area contributed by atoms with Crippen molar-refractivity contribution in [2.45, 2.75) is 31.7 Å². The molecule has 0 fully saturated rings. The van der Waals surface area contributed by atoms with E-state index < -0.39 is 11.5 Å². The number of likely N-dealkylation sites (N-methyl/N-ethyl adjacent to an activating group) is 1. The highest BCUT2D eigenvalue weighted by molar-refractivity contribution is 5.78. The Balaban J connectivity index is 3.38. The van der Waals surface area contributed by atoms with Gasteiger partial charge in [0.05, 0.1) is 26.4 Å². The molecule has 2 N–H and O–H groups in total. The lowest BCUT2D eigenvalue weighted by Gasteiger charge is -2.23. The molecule has 0 aromatic heterocycles. The summed E-state index contributed by atoms with van der Waals surface area (Å²) < 4.78 is 15.5. The van der Waals surface area contributed by atoms with Crippen LogP contribution >= 0.6 is 0 Å². The Hall–Kier alpha value is -0.690. The second-order valence-corrected chi connectivity index (χ2v) is 4.56. The zero-order valence-corrected chi connectivity index (χ0v) is 12.2. The monoisotopic (exact) mass is 277 g/mol. The Morgan fingerprint density at radius 2 is 1.68 bits per heavy atom. The van der Waals surface area contributed by atoms with Crippen molar-refractivity contribution in [3.63, 3.8) is 0 Å². The first-order valence-electron chi connectivity index (χ1n) is 6.63. The van der Waals surface area contributed by atoms with Gasteiger partial charge in [0.15, 0.2) is 0 Å². The molecular formula is C13H27NO5. The zero-order chi connectivity index (χ0) is 14.6. The third kappa shape index (κ3) is 8.93. The van der Waals surface area contributed by atoms with Gasteiger partial charge in [0, 0.05) is 13.7 Å². The largest absolute Gasteiger partial charge is 0.480 e. The van der Waals surface area contributed by atoms with Crippen LogP contribution in [0.25, 0.3) is 0 Å². The van der Waals surface area contributed by atoms with Crippen molar-refractivity contribution in [2.24, 2.45) is 0 Å². The number of ether oxygens (including phenoxy) is 3. The minimum Gasteiger partial charge on any atom is -0.480 e. The van der Waals surface area contributed by atoms with Crippen molar-refractivity contribution >= 4 is 5.97 Å². The molecule has 114 valence electrons. The summed E-state index contributed by atoms with van der Waals surface area (Å²) in [6.07, 6.45) is 2.25. The maximum Gasteiger partial charge on any atom is 0.323 e. The van der Waals surface area contributed by atoms with Gasteiger partial charge in [-0.1, -0.05) is 0 Å². The Morgan fingerprint density at radius 1 is 1.11 bits per heavy atom. The van der Waals surface area contributed by atoms with Crippen LogP contribution in [-0.2, 0) is 19.0 Å². The molecule has 0 radical (unpaired) electrons. The van der Waals surface area contributed by atoms with Gasteiger partial charge in [0.2, 0.25) is 0 Å². The van der Waals surface area contributed by atoms with Crippen molar-refractivity contribution in [3.8, 4) is 0 Å². The predicted molar refractivity (Wildman–Crippen MR) is 72.5 cm³/mol. The van der Waals surface area contributed by atoms with E-state index in [0.29, 0.717) is 39.5 Å². The number of rotatable bonds is 13. The van der Waals surface area contributed by atoms with Crippen molar-refractivity contribution in [2.75, 3.05) is 47.2 Å². The highest BCUT2D eigenvalue weighted by Crippen LogP contribution is 2.13. The second kappa shape index (κ2) is 11.2. The van der Waals surface area contributed by atoms with Gasteiger partial charge in [-0.2, -0.15) is 0 Å². The molecule has 19 heavy (non-hydrogen) atoms. The molecule has 1 unspecified atom stereocenters. The summed E-state index contributed by atoms with van der Waals surface area (Å²) in [6, 6.07) is 0. The molecule has 0 rings (SSSR count). The second-order valence-electron chi connectivity index (χ2n) is 4.56. The van der Waals surface area contributed by atoms with Crippen LogP contribution in [0.5, 0.6) is 0 Å². The van der Waals surface area contributed by atoms with Gasteiger partial charge in [-0.15, -0.1) is 0 Å². The van der Waals surface area contributed by atoms with Crippen molar-refractivity contribution < 1.29 is 24.1 Å². The number of methoxy groups -OCH3 is 1. The maximum absolute atomic E-state index is 11.0. The van der Waals surface area contributed by atoms with Gasteiger partial charge < -0.3 is 24.6 Å². The van der Waals surface area contributed by atoms with Crippen LogP contribution in [-0.4, -0.2) is 63.8 Å². The zero-order valence-electron chi connectivity index (χ0n) is 12.2. The first-order valence-corrected chi connectivity index (χ1v) is 6.63. The van der Waals surface area contributed by atoms with Crippen LogP contribution < -0.4 is 5.32 Å². The van der Waals surface area contributed by atoms with Crippen LogP contribution in [0, 0.1) is 0 Å². The number of nitrogens with one attached hydrogen (secondary N) is 1. The lowest BCUT2D eigenvalue weighted by atomic mass is 9.95. The Bertz CT molecular complexity index is 237. The van der Waals surface area contributed by atoms with Crippen molar-refractivity contribution in [1.29, 1.82) is 0 Å². The molecule has 0 amide bonds. The van der Waals surface area contributed by atoms with Gasteiger partial charge in [-0.3, -0.25) is 4.79 Å². The molecule has 0 aromatic rings. The van der Waals surface area contributed by atoms with E-state index in [9.17, 15) is 4.79 Å². The van der Waals surface area contributed by atoms with Crippen LogP contribution in [0.1, 0.15) is 26.2 Å². The van der Waals surface area contributed by atoms with Gasteiger partial charge >= 0.3 is 5.97 Å². The topological polar surface area (TPSA) is 77.0 Å². The fraction of sp³-hybridized carbons (Fsp3) is 0.923. The Morgan fingerprint density at radius 3 is 2.21 bits per heavy atom. The third-order valence-corrected chi connectivity index (χ3v) is 3.04. The first-order chi connectivity index (χ1) is 9.06. The quantitative estimate of drug-likeness (QED) is 0.487. The van der Waals surface area contributed by atoms with Crippen LogP contribution in [0.2, 0.25) is 0 Å². The summed E-state index contributed by atoms with van der Waals surface area (Å²) in [5.41, 5.74) is -0.844. The average molecular weight is 277 g/mol.